The third kappa shape index (κ3) is 4.40. The number of pyridine rings is 1. The SMILES string of the molecule is COc1ccc(-c2cc(C(=O)NCc3cccnc3)n(-c3ccccc3)n2)c(OC)c1. The highest BCUT2D eigenvalue weighted by atomic mass is 16.5. The number of carbonyl (C=O) groups excluding carboxylic acids is 1. The number of methoxy groups -OCH3 is 2. The van der Waals surface area contributed by atoms with E-state index in [-0.39, 0.29) is 5.91 Å². The summed E-state index contributed by atoms with van der Waals surface area (Å²) in [5.41, 5.74) is 3.50. The van der Waals surface area contributed by atoms with Crippen LogP contribution in [0.3, 0.4) is 0 Å². The lowest BCUT2D eigenvalue weighted by atomic mass is 10.1. The fraction of sp³-hybridized carbons (Fsp3) is 0.125. The average molecular weight is 414 g/mol. The molecule has 0 unspecified atom stereocenters. The van der Waals surface area contributed by atoms with Gasteiger partial charge >= 0.3 is 0 Å². The Bertz CT molecular complexity index is 1170. The Morgan fingerprint density at radius 3 is 2.55 bits per heavy atom. The topological polar surface area (TPSA) is 78.3 Å². The van der Waals surface area contributed by atoms with Crippen molar-refractivity contribution in [3.05, 3.63) is 90.4 Å². The van der Waals surface area contributed by atoms with Crippen LogP contribution in [-0.2, 0) is 6.54 Å². The first-order valence-corrected chi connectivity index (χ1v) is 9.74. The van der Waals surface area contributed by atoms with Crippen molar-refractivity contribution in [3.8, 4) is 28.4 Å². The molecule has 7 heteroatoms. The number of benzene rings is 2. The number of hydrogen-bond acceptors (Lipinski definition) is 5. The van der Waals surface area contributed by atoms with E-state index in [1.165, 1.54) is 0 Å². The molecule has 2 aromatic carbocycles. The molecule has 0 saturated carbocycles. The van der Waals surface area contributed by atoms with Gasteiger partial charge in [-0.15, -0.1) is 0 Å². The number of nitrogens with zero attached hydrogens (tertiary/aromatic N) is 3. The molecule has 0 atom stereocenters. The predicted molar refractivity (Wildman–Crippen MR) is 118 cm³/mol. The molecule has 4 rings (SSSR count). The second-order valence-electron chi connectivity index (χ2n) is 6.77. The summed E-state index contributed by atoms with van der Waals surface area (Å²) >= 11 is 0. The van der Waals surface area contributed by atoms with E-state index < -0.39 is 0 Å². The van der Waals surface area contributed by atoms with Crippen molar-refractivity contribution in [2.45, 2.75) is 6.54 Å². The second-order valence-corrected chi connectivity index (χ2v) is 6.77. The van der Waals surface area contributed by atoms with E-state index in [4.69, 9.17) is 14.6 Å². The molecule has 1 N–H and O–H groups in total. The zero-order valence-corrected chi connectivity index (χ0v) is 17.3. The highest BCUT2D eigenvalue weighted by Crippen LogP contribution is 2.33. The highest BCUT2D eigenvalue weighted by molar-refractivity contribution is 5.94. The van der Waals surface area contributed by atoms with Crippen molar-refractivity contribution in [2.75, 3.05) is 14.2 Å². The molecule has 0 bridgehead atoms. The van der Waals surface area contributed by atoms with Crippen molar-refractivity contribution < 1.29 is 14.3 Å². The Hall–Kier alpha value is -4.13. The van der Waals surface area contributed by atoms with E-state index in [9.17, 15) is 4.79 Å². The summed E-state index contributed by atoms with van der Waals surface area (Å²) in [4.78, 5) is 17.2. The van der Waals surface area contributed by atoms with Crippen LogP contribution in [0.15, 0.2) is 79.1 Å². The van der Waals surface area contributed by atoms with Gasteiger partial charge in [0, 0.05) is 30.6 Å². The minimum atomic E-state index is -0.237. The summed E-state index contributed by atoms with van der Waals surface area (Å²) in [5, 5.41) is 7.66. The van der Waals surface area contributed by atoms with Gasteiger partial charge in [0.25, 0.3) is 5.91 Å². The Kier molecular flexibility index (Phi) is 5.93. The summed E-state index contributed by atoms with van der Waals surface area (Å²) in [6.45, 7) is 0.369. The molecule has 1 amide bonds. The van der Waals surface area contributed by atoms with E-state index in [1.807, 2.05) is 54.6 Å². The van der Waals surface area contributed by atoms with Gasteiger partial charge in [0.05, 0.1) is 25.6 Å². The quantitative estimate of drug-likeness (QED) is 0.497. The third-order valence-electron chi connectivity index (χ3n) is 4.80. The molecule has 0 aliphatic carbocycles. The number of hydrogen-bond donors (Lipinski definition) is 1. The summed E-state index contributed by atoms with van der Waals surface area (Å²) in [6.07, 6.45) is 3.42. The highest BCUT2D eigenvalue weighted by Gasteiger charge is 2.19. The lowest BCUT2D eigenvalue weighted by Gasteiger charge is -2.09. The molecule has 2 aromatic heterocycles. The average Bonchev–Trinajstić information content (AvgIpc) is 3.28. The summed E-state index contributed by atoms with van der Waals surface area (Å²) in [7, 11) is 3.19. The number of nitrogens with one attached hydrogen (secondary N) is 1. The van der Waals surface area contributed by atoms with E-state index in [1.54, 1.807) is 43.4 Å². The van der Waals surface area contributed by atoms with Crippen LogP contribution in [0.4, 0.5) is 0 Å². The molecule has 0 spiro atoms. The van der Waals surface area contributed by atoms with Crippen LogP contribution in [0.5, 0.6) is 11.5 Å². The fourth-order valence-electron chi connectivity index (χ4n) is 3.23. The number of amides is 1. The van der Waals surface area contributed by atoms with Crippen molar-refractivity contribution in [2.24, 2.45) is 0 Å². The number of ether oxygens (including phenoxy) is 2. The zero-order chi connectivity index (χ0) is 21.6. The van der Waals surface area contributed by atoms with E-state index in [0.717, 1.165) is 16.8 Å². The van der Waals surface area contributed by atoms with Gasteiger partial charge in [-0.05, 0) is 42.0 Å². The predicted octanol–water partition coefficient (Wildman–Crippen LogP) is 3.88. The normalized spacial score (nSPS) is 10.5. The maximum atomic E-state index is 13.1. The van der Waals surface area contributed by atoms with Gasteiger partial charge in [0.1, 0.15) is 17.2 Å². The van der Waals surface area contributed by atoms with E-state index >= 15 is 0 Å². The van der Waals surface area contributed by atoms with Gasteiger partial charge in [0.2, 0.25) is 0 Å². The molecular weight excluding hydrogens is 392 g/mol. The smallest absolute Gasteiger partial charge is 0.270 e. The molecule has 0 radical (unpaired) electrons. The molecule has 4 aromatic rings. The van der Waals surface area contributed by atoms with Gasteiger partial charge in [-0.3, -0.25) is 9.78 Å². The molecular formula is C24H22N4O3. The van der Waals surface area contributed by atoms with Crippen molar-refractivity contribution in [1.82, 2.24) is 20.1 Å². The van der Waals surface area contributed by atoms with Gasteiger partial charge in [-0.25, -0.2) is 4.68 Å². The molecule has 0 saturated heterocycles. The Balaban J connectivity index is 1.72. The molecule has 31 heavy (non-hydrogen) atoms. The van der Waals surface area contributed by atoms with E-state index in [2.05, 4.69) is 10.3 Å². The summed E-state index contributed by atoms with van der Waals surface area (Å²) < 4.78 is 12.4. The number of aromatic nitrogens is 3. The van der Waals surface area contributed by atoms with Crippen LogP contribution in [0.25, 0.3) is 16.9 Å². The van der Waals surface area contributed by atoms with Crippen molar-refractivity contribution >= 4 is 5.91 Å². The maximum absolute atomic E-state index is 13.1. The van der Waals surface area contributed by atoms with Crippen LogP contribution >= 0.6 is 0 Å². The van der Waals surface area contributed by atoms with Crippen LogP contribution in [-0.4, -0.2) is 34.9 Å². The largest absolute Gasteiger partial charge is 0.497 e. The number of para-hydroxylation sites is 1. The van der Waals surface area contributed by atoms with Gasteiger partial charge in [-0.1, -0.05) is 24.3 Å². The van der Waals surface area contributed by atoms with Gasteiger partial charge in [0.15, 0.2) is 0 Å². The first-order chi connectivity index (χ1) is 15.2. The minimum absolute atomic E-state index is 0.237. The number of carbonyl (C=O) groups is 1. The zero-order valence-electron chi connectivity index (χ0n) is 17.3. The standard InChI is InChI=1S/C24H22N4O3/c1-30-19-10-11-20(23(13-19)31-2)21-14-22(28(27-21)18-8-4-3-5-9-18)24(29)26-16-17-7-6-12-25-15-17/h3-15H,16H2,1-2H3,(H,26,29). The lowest BCUT2D eigenvalue weighted by Crippen LogP contribution is -2.25. The minimum Gasteiger partial charge on any atom is -0.497 e. The van der Waals surface area contributed by atoms with Crippen molar-refractivity contribution in [1.29, 1.82) is 0 Å². The van der Waals surface area contributed by atoms with Gasteiger partial charge < -0.3 is 14.8 Å². The molecule has 0 aliphatic heterocycles. The first-order valence-electron chi connectivity index (χ1n) is 9.74. The Labute approximate surface area is 180 Å². The molecule has 0 fully saturated rings. The van der Waals surface area contributed by atoms with Crippen LogP contribution in [0.2, 0.25) is 0 Å². The van der Waals surface area contributed by atoms with Crippen molar-refractivity contribution in [3.63, 3.8) is 0 Å². The molecule has 2 heterocycles. The Morgan fingerprint density at radius 2 is 1.84 bits per heavy atom. The van der Waals surface area contributed by atoms with Crippen LogP contribution in [0.1, 0.15) is 16.1 Å². The third-order valence-corrected chi connectivity index (χ3v) is 4.80. The monoisotopic (exact) mass is 414 g/mol. The summed E-state index contributed by atoms with van der Waals surface area (Å²) in [5.74, 6) is 1.05. The maximum Gasteiger partial charge on any atom is 0.270 e. The fourth-order valence-corrected chi connectivity index (χ4v) is 3.23. The summed E-state index contributed by atoms with van der Waals surface area (Å²) in [6, 6.07) is 20.5. The van der Waals surface area contributed by atoms with Gasteiger partial charge in [-0.2, -0.15) is 5.10 Å². The molecule has 7 nitrogen and oxygen atoms in total. The lowest BCUT2D eigenvalue weighted by molar-refractivity contribution is 0.0943. The Morgan fingerprint density at radius 1 is 1.00 bits per heavy atom. The molecule has 0 aliphatic rings. The van der Waals surface area contributed by atoms with E-state index in [0.29, 0.717) is 29.4 Å². The molecule has 156 valence electrons. The second kappa shape index (κ2) is 9.13. The van der Waals surface area contributed by atoms with Crippen LogP contribution < -0.4 is 14.8 Å². The van der Waals surface area contributed by atoms with Crippen LogP contribution in [0, 0.1) is 0 Å². The first kappa shape index (κ1) is 20.2. The number of rotatable bonds is 7.